The molecule has 0 saturated carbocycles. The molecule has 0 saturated heterocycles. The third-order valence-corrected chi connectivity index (χ3v) is 2.52. The molecule has 92 valence electrons. The summed E-state index contributed by atoms with van der Waals surface area (Å²) in [7, 11) is 0. The van der Waals surface area contributed by atoms with Crippen LogP contribution in [0.25, 0.3) is 0 Å². The van der Waals surface area contributed by atoms with E-state index in [1.807, 2.05) is 19.1 Å². The molecule has 0 aromatic carbocycles. The molecule has 0 radical (unpaired) electrons. The van der Waals surface area contributed by atoms with Crippen LogP contribution >= 0.6 is 0 Å². The molecule has 0 aliphatic carbocycles. The van der Waals surface area contributed by atoms with Gasteiger partial charge in [-0.2, -0.15) is 0 Å². The Kier molecular flexibility index (Phi) is 3.47. The minimum absolute atomic E-state index is 0.0340. The first-order valence-electron chi connectivity index (χ1n) is 5.44. The van der Waals surface area contributed by atoms with Gasteiger partial charge in [0.15, 0.2) is 0 Å². The van der Waals surface area contributed by atoms with Crippen LogP contribution in [0.2, 0.25) is 0 Å². The molecule has 0 bridgehead atoms. The predicted octanol–water partition coefficient (Wildman–Crippen LogP) is 2.56. The molecule has 2 heterocycles. The standard InChI is InChI=1S/C12H12N4O2/c1-9(10-4-2-6-13-8-10)15-12-11(16(17)18)5-3-7-14-12/h2-9H,1H3,(H,14,15). The van der Waals surface area contributed by atoms with Gasteiger partial charge in [-0.05, 0) is 24.6 Å². The lowest BCUT2D eigenvalue weighted by Gasteiger charge is -2.14. The van der Waals surface area contributed by atoms with E-state index in [1.54, 1.807) is 12.4 Å². The quantitative estimate of drug-likeness (QED) is 0.660. The Balaban J connectivity index is 2.22. The number of aromatic nitrogens is 2. The lowest BCUT2D eigenvalue weighted by atomic mass is 10.1. The van der Waals surface area contributed by atoms with Gasteiger partial charge in [-0.15, -0.1) is 0 Å². The average molecular weight is 244 g/mol. The van der Waals surface area contributed by atoms with Crippen LogP contribution in [0.3, 0.4) is 0 Å². The smallest absolute Gasteiger partial charge is 0.311 e. The fourth-order valence-electron chi connectivity index (χ4n) is 1.58. The zero-order valence-electron chi connectivity index (χ0n) is 9.78. The van der Waals surface area contributed by atoms with Crippen LogP contribution in [0.15, 0.2) is 42.9 Å². The van der Waals surface area contributed by atoms with Gasteiger partial charge in [0.25, 0.3) is 0 Å². The lowest BCUT2D eigenvalue weighted by Crippen LogP contribution is -2.09. The maximum Gasteiger partial charge on any atom is 0.311 e. The second-order valence-electron chi connectivity index (χ2n) is 3.78. The number of hydrogen-bond donors (Lipinski definition) is 1. The van der Waals surface area contributed by atoms with Gasteiger partial charge in [-0.1, -0.05) is 6.07 Å². The van der Waals surface area contributed by atoms with E-state index in [-0.39, 0.29) is 17.5 Å². The zero-order valence-corrected chi connectivity index (χ0v) is 9.78. The second kappa shape index (κ2) is 5.22. The monoisotopic (exact) mass is 244 g/mol. The second-order valence-corrected chi connectivity index (χ2v) is 3.78. The van der Waals surface area contributed by atoms with E-state index >= 15 is 0 Å². The van der Waals surface area contributed by atoms with E-state index in [2.05, 4.69) is 15.3 Å². The number of nitro groups is 1. The number of nitrogens with one attached hydrogen (secondary N) is 1. The number of hydrogen-bond acceptors (Lipinski definition) is 5. The number of pyridine rings is 2. The minimum Gasteiger partial charge on any atom is -0.358 e. The molecule has 6 nitrogen and oxygen atoms in total. The first-order valence-corrected chi connectivity index (χ1v) is 5.44. The van der Waals surface area contributed by atoms with Gasteiger partial charge in [0.1, 0.15) is 0 Å². The molecule has 2 rings (SSSR count). The molecular weight excluding hydrogens is 232 g/mol. The minimum atomic E-state index is -0.453. The number of anilines is 1. The van der Waals surface area contributed by atoms with E-state index in [9.17, 15) is 10.1 Å². The van der Waals surface area contributed by atoms with Crippen LogP contribution in [0.4, 0.5) is 11.5 Å². The summed E-state index contributed by atoms with van der Waals surface area (Å²) < 4.78 is 0. The molecule has 6 heteroatoms. The summed E-state index contributed by atoms with van der Waals surface area (Å²) in [5.41, 5.74) is 0.908. The number of nitrogens with zero attached hydrogens (tertiary/aromatic N) is 3. The van der Waals surface area contributed by atoms with Crippen molar-refractivity contribution in [2.45, 2.75) is 13.0 Å². The molecule has 2 aromatic rings. The maximum atomic E-state index is 10.9. The maximum absolute atomic E-state index is 10.9. The molecule has 0 fully saturated rings. The first-order chi connectivity index (χ1) is 8.68. The van der Waals surface area contributed by atoms with Crippen molar-refractivity contribution in [1.82, 2.24) is 9.97 Å². The van der Waals surface area contributed by atoms with Gasteiger partial charge in [0.05, 0.1) is 11.0 Å². The normalized spacial score (nSPS) is 11.8. The summed E-state index contributed by atoms with van der Waals surface area (Å²) in [4.78, 5) is 18.4. The van der Waals surface area contributed by atoms with Gasteiger partial charge in [0.2, 0.25) is 5.82 Å². The van der Waals surface area contributed by atoms with E-state index in [0.717, 1.165) is 5.56 Å². The van der Waals surface area contributed by atoms with Crippen molar-refractivity contribution in [3.8, 4) is 0 Å². The van der Waals surface area contributed by atoms with E-state index in [0.29, 0.717) is 0 Å². The molecule has 18 heavy (non-hydrogen) atoms. The Morgan fingerprint density at radius 1 is 1.33 bits per heavy atom. The third kappa shape index (κ3) is 2.60. The van der Waals surface area contributed by atoms with Crippen LogP contribution in [0.1, 0.15) is 18.5 Å². The third-order valence-electron chi connectivity index (χ3n) is 2.52. The Hall–Kier alpha value is -2.50. The SMILES string of the molecule is CC(Nc1ncccc1[N+](=O)[O-])c1cccnc1. The van der Waals surface area contributed by atoms with Crippen LogP contribution in [-0.4, -0.2) is 14.9 Å². The van der Waals surface area contributed by atoms with Crippen molar-refractivity contribution in [2.75, 3.05) is 5.32 Å². The average Bonchev–Trinajstić information content (AvgIpc) is 2.40. The zero-order chi connectivity index (χ0) is 13.0. The Morgan fingerprint density at radius 3 is 2.78 bits per heavy atom. The highest BCUT2D eigenvalue weighted by Crippen LogP contribution is 2.24. The largest absolute Gasteiger partial charge is 0.358 e. The van der Waals surface area contributed by atoms with Crippen LogP contribution in [0, 0.1) is 10.1 Å². The van der Waals surface area contributed by atoms with Crippen LogP contribution < -0.4 is 5.32 Å². The Bertz CT molecular complexity index is 545. The Morgan fingerprint density at radius 2 is 2.11 bits per heavy atom. The van der Waals surface area contributed by atoms with Gasteiger partial charge < -0.3 is 5.32 Å². The lowest BCUT2D eigenvalue weighted by molar-refractivity contribution is -0.384. The summed E-state index contributed by atoms with van der Waals surface area (Å²) in [6, 6.07) is 6.58. The highest BCUT2D eigenvalue weighted by molar-refractivity contribution is 5.56. The summed E-state index contributed by atoms with van der Waals surface area (Å²) >= 11 is 0. The van der Waals surface area contributed by atoms with Gasteiger partial charge in [-0.25, -0.2) is 4.98 Å². The molecule has 1 N–H and O–H groups in total. The molecule has 0 aliphatic heterocycles. The number of rotatable bonds is 4. The van der Waals surface area contributed by atoms with Gasteiger partial charge >= 0.3 is 5.69 Å². The molecule has 1 unspecified atom stereocenters. The van der Waals surface area contributed by atoms with Crippen LogP contribution in [0.5, 0.6) is 0 Å². The highest BCUT2D eigenvalue weighted by Gasteiger charge is 2.16. The fourth-order valence-corrected chi connectivity index (χ4v) is 1.58. The van der Waals surface area contributed by atoms with Crippen molar-refractivity contribution in [3.05, 3.63) is 58.5 Å². The molecule has 0 spiro atoms. The van der Waals surface area contributed by atoms with Gasteiger partial charge in [-0.3, -0.25) is 15.1 Å². The molecule has 2 aromatic heterocycles. The molecule has 1 atom stereocenters. The van der Waals surface area contributed by atoms with Crippen molar-refractivity contribution >= 4 is 11.5 Å². The Labute approximate surface area is 104 Å². The summed E-state index contributed by atoms with van der Waals surface area (Å²) in [5.74, 6) is 0.263. The summed E-state index contributed by atoms with van der Waals surface area (Å²) in [6.45, 7) is 1.90. The van der Waals surface area contributed by atoms with E-state index in [1.165, 1.54) is 18.3 Å². The van der Waals surface area contributed by atoms with E-state index in [4.69, 9.17) is 0 Å². The van der Waals surface area contributed by atoms with Gasteiger partial charge in [0, 0.05) is 24.7 Å². The van der Waals surface area contributed by atoms with Crippen molar-refractivity contribution in [1.29, 1.82) is 0 Å². The van der Waals surface area contributed by atoms with Crippen LogP contribution in [-0.2, 0) is 0 Å². The van der Waals surface area contributed by atoms with Crippen molar-refractivity contribution in [2.24, 2.45) is 0 Å². The molecular formula is C12H12N4O2. The first kappa shape index (κ1) is 12.0. The fraction of sp³-hybridized carbons (Fsp3) is 0.167. The summed E-state index contributed by atoms with van der Waals surface area (Å²) in [6.07, 6.45) is 4.91. The molecule has 0 aliphatic rings. The highest BCUT2D eigenvalue weighted by atomic mass is 16.6. The van der Waals surface area contributed by atoms with E-state index < -0.39 is 4.92 Å². The summed E-state index contributed by atoms with van der Waals surface area (Å²) in [5, 5.41) is 13.9. The predicted molar refractivity (Wildman–Crippen MR) is 67.2 cm³/mol. The topological polar surface area (TPSA) is 81.0 Å². The molecule has 0 amide bonds. The van der Waals surface area contributed by atoms with Crippen molar-refractivity contribution in [3.63, 3.8) is 0 Å². The van der Waals surface area contributed by atoms with Crippen molar-refractivity contribution < 1.29 is 4.92 Å².